The molecule has 5 nitrogen and oxygen atoms in total. The van der Waals surface area contributed by atoms with Crippen LogP contribution in [-0.2, 0) is 19.7 Å². The number of amides is 1. The van der Waals surface area contributed by atoms with Crippen molar-refractivity contribution >= 4 is 40.8 Å². The highest BCUT2D eigenvalue weighted by atomic mass is 35.5. The first-order valence-electron chi connectivity index (χ1n) is 11.7. The molecule has 0 unspecified atom stereocenters. The molecule has 0 aliphatic carbocycles. The van der Waals surface area contributed by atoms with E-state index in [1.165, 1.54) is 12.1 Å². The predicted molar refractivity (Wildman–Crippen MR) is 137 cm³/mol. The maximum Gasteiger partial charge on any atom is 0.324 e. The maximum absolute atomic E-state index is 14.2. The average Bonchev–Trinajstić information content (AvgIpc) is 3.17. The molecule has 0 radical (unpaired) electrons. The fraction of sp³-hybridized carbons (Fsp3) is 0.481. The maximum atomic E-state index is 14.2. The van der Waals surface area contributed by atoms with Crippen LogP contribution in [0.2, 0.25) is 10.0 Å². The molecular formula is C27H31Cl2FN2O3. The summed E-state index contributed by atoms with van der Waals surface area (Å²) in [5.74, 6) is -1.99. The monoisotopic (exact) mass is 520 g/mol. The number of rotatable bonds is 3. The van der Waals surface area contributed by atoms with Gasteiger partial charge < -0.3 is 10.1 Å². The van der Waals surface area contributed by atoms with Gasteiger partial charge in [-0.1, -0.05) is 56.1 Å². The van der Waals surface area contributed by atoms with Crippen LogP contribution in [0.4, 0.5) is 10.1 Å². The van der Waals surface area contributed by atoms with Crippen molar-refractivity contribution in [3.8, 4) is 0 Å². The first-order valence-corrected chi connectivity index (χ1v) is 12.4. The topological polar surface area (TPSA) is 67.4 Å². The zero-order valence-corrected chi connectivity index (χ0v) is 22.3. The fourth-order valence-corrected chi connectivity index (χ4v) is 5.83. The summed E-state index contributed by atoms with van der Waals surface area (Å²) in [5, 5.41) is 6.88. The number of benzene rings is 2. The molecule has 4 rings (SSSR count). The molecule has 1 saturated heterocycles. The number of esters is 1. The van der Waals surface area contributed by atoms with Crippen LogP contribution >= 0.6 is 23.2 Å². The zero-order valence-electron chi connectivity index (χ0n) is 20.8. The Morgan fingerprint density at radius 3 is 2.37 bits per heavy atom. The highest BCUT2D eigenvalue weighted by molar-refractivity contribution is 6.31. The minimum atomic E-state index is -1.17. The number of anilines is 1. The first kappa shape index (κ1) is 25.9. The van der Waals surface area contributed by atoms with Crippen LogP contribution in [0.5, 0.6) is 0 Å². The quantitative estimate of drug-likeness (QED) is 0.471. The second kappa shape index (κ2) is 8.75. The Kier molecular flexibility index (Phi) is 6.48. The summed E-state index contributed by atoms with van der Waals surface area (Å²) >= 11 is 12.4. The zero-order chi connectivity index (χ0) is 25.9. The van der Waals surface area contributed by atoms with Gasteiger partial charge in [0.05, 0.1) is 5.02 Å². The number of halogens is 3. The lowest BCUT2D eigenvalue weighted by molar-refractivity contribution is -0.157. The summed E-state index contributed by atoms with van der Waals surface area (Å²) in [7, 11) is 0. The summed E-state index contributed by atoms with van der Waals surface area (Å²) in [6.45, 7) is 11.6. The van der Waals surface area contributed by atoms with Crippen molar-refractivity contribution < 1.29 is 18.7 Å². The highest BCUT2D eigenvalue weighted by Crippen LogP contribution is 2.57. The molecule has 4 atom stereocenters. The number of hydrogen-bond acceptors (Lipinski definition) is 4. The molecule has 2 heterocycles. The van der Waals surface area contributed by atoms with Crippen LogP contribution in [0.3, 0.4) is 0 Å². The van der Waals surface area contributed by atoms with Crippen LogP contribution in [0.1, 0.15) is 65.0 Å². The van der Waals surface area contributed by atoms with E-state index in [0.717, 1.165) is 5.56 Å². The third kappa shape index (κ3) is 4.68. The van der Waals surface area contributed by atoms with Gasteiger partial charge in [0.15, 0.2) is 0 Å². The van der Waals surface area contributed by atoms with Crippen molar-refractivity contribution in [1.29, 1.82) is 0 Å². The Bertz CT molecular complexity index is 1190. The van der Waals surface area contributed by atoms with E-state index in [4.69, 9.17) is 27.9 Å². The number of carbonyl (C=O) groups is 2. The van der Waals surface area contributed by atoms with Gasteiger partial charge in [-0.05, 0) is 68.0 Å². The normalized spacial score (nSPS) is 26.1. The lowest BCUT2D eigenvalue weighted by Gasteiger charge is -2.37. The summed E-state index contributed by atoms with van der Waals surface area (Å²) in [5.41, 5.74) is -0.155. The summed E-state index contributed by atoms with van der Waals surface area (Å²) in [6.07, 6.45) is 0.590. The third-order valence-electron chi connectivity index (χ3n) is 6.59. The molecule has 2 aliphatic rings. The smallest absolute Gasteiger partial charge is 0.324 e. The van der Waals surface area contributed by atoms with E-state index in [9.17, 15) is 14.0 Å². The lowest BCUT2D eigenvalue weighted by atomic mass is 9.62. The molecule has 1 fully saturated rings. The SMILES string of the molecule is CC(C)(C)C[C@@H]1N[C@@H](C(=O)OC(C)(C)C)[C@H](c2ccc(F)c(Cl)c2)[C@]12C(=O)Nc1cc(Cl)ccc12. The summed E-state index contributed by atoms with van der Waals surface area (Å²) in [4.78, 5) is 27.6. The third-order valence-corrected chi connectivity index (χ3v) is 7.11. The van der Waals surface area contributed by atoms with Gasteiger partial charge in [-0.25, -0.2) is 4.39 Å². The number of ether oxygens (including phenoxy) is 1. The van der Waals surface area contributed by atoms with Gasteiger partial charge in [-0.3, -0.25) is 14.9 Å². The molecule has 0 aromatic heterocycles. The second-order valence-electron chi connectivity index (χ2n) is 11.7. The van der Waals surface area contributed by atoms with Crippen molar-refractivity contribution in [1.82, 2.24) is 5.32 Å². The largest absolute Gasteiger partial charge is 0.459 e. The van der Waals surface area contributed by atoms with Crippen LogP contribution < -0.4 is 10.6 Å². The molecule has 0 bridgehead atoms. The van der Waals surface area contributed by atoms with E-state index < -0.39 is 40.8 Å². The number of fused-ring (bicyclic) bond motifs is 2. The minimum Gasteiger partial charge on any atom is -0.459 e. The molecule has 0 saturated carbocycles. The van der Waals surface area contributed by atoms with E-state index in [1.54, 1.807) is 39.0 Å². The Balaban J connectivity index is 1.99. The molecule has 1 spiro atoms. The fourth-order valence-electron chi connectivity index (χ4n) is 5.47. The number of carbonyl (C=O) groups excluding carboxylic acids is 2. The molecular weight excluding hydrogens is 490 g/mol. The van der Waals surface area contributed by atoms with Gasteiger partial charge in [-0.2, -0.15) is 0 Å². The first-order chi connectivity index (χ1) is 16.1. The molecule has 188 valence electrons. The predicted octanol–water partition coefficient (Wildman–Crippen LogP) is 6.22. The molecule has 1 amide bonds. The Hall–Kier alpha value is -2.15. The van der Waals surface area contributed by atoms with Gasteiger partial charge in [-0.15, -0.1) is 0 Å². The van der Waals surface area contributed by atoms with Crippen LogP contribution in [0.15, 0.2) is 36.4 Å². The van der Waals surface area contributed by atoms with E-state index in [0.29, 0.717) is 22.7 Å². The Morgan fingerprint density at radius 1 is 1.09 bits per heavy atom. The minimum absolute atomic E-state index is 0.0744. The summed E-state index contributed by atoms with van der Waals surface area (Å²) in [6, 6.07) is 8.37. The Labute approximate surface area is 215 Å². The van der Waals surface area contributed by atoms with Crippen molar-refractivity contribution in [2.45, 2.75) is 77.0 Å². The Morgan fingerprint density at radius 2 is 1.77 bits per heavy atom. The standard InChI is InChI=1S/C27H31Cl2FN2O3/c1-25(2,3)13-20-27(16-9-8-15(28)12-19(16)31-24(27)34)21(14-7-10-18(30)17(29)11-14)22(32-20)23(33)35-26(4,5)6/h7-12,20-22,32H,13H2,1-6H3,(H,31,34)/t20-,21-,22+,27+/m0/s1. The van der Waals surface area contributed by atoms with E-state index >= 15 is 0 Å². The average molecular weight is 521 g/mol. The molecule has 2 aromatic carbocycles. The lowest BCUT2D eigenvalue weighted by Crippen LogP contribution is -2.49. The van der Waals surface area contributed by atoms with E-state index in [2.05, 4.69) is 31.4 Å². The molecule has 2 aliphatic heterocycles. The molecule has 2 N–H and O–H groups in total. The summed E-state index contributed by atoms with van der Waals surface area (Å²) < 4.78 is 19.9. The van der Waals surface area contributed by atoms with Crippen LogP contribution in [0.25, 0.3) is 0 Å². The van der Waals surface area contributed by atoms with Crippen LogP contribution in [0, 0.1) is 11.2 Å². The highest BCUT2D eigenvalue weighted by Gasteiger charge is 2.66. The number of hydrogen-bond donors (Lipinski definition) is 2. The van der Waals surface area contributed by atoms with Crippen molar-refractivity contribution in [3.63, 3.8) is 0 Å². The van der Waals surface area contributed by atoms with Gasteiger partial charge in [0.2, 0.25) is 5.91 Å². The van der Waals surface area contributed by atoms with E-state index in [1.807, 2.05) is 6.07 Å². The number of nitrogens with one attached hydrogen (secondary N) is 2. The van der Waals surface area contributed by atoms with Gasteiger partial charge >= 0.3 is 5.97 Å². The van der Waals surface area contributed by atoms with Crippen LogP contribution in [-0.4, -0.2) is 29.6 Å². The van der Waals surface area contributed by atoms with Gasteiger partial charge in [0.25, 0.3) is 0 Å². The molecule has 8 heteroatoms. The second-order valence-corrected chi connectivity index (χ2v) is 12.5. The van der Waals surface area contributed by atoms with Crippen molar-refractivity contribution in [2.75, 3.05) is 5.32 Å². The van der Waals surface area contributed by atoms with Crippen molar-refractivity contribution in [2.24, 2.45) is 5.41 Å². The molecule has 35 heavy (non-hydrogen) atoms. The van der Waals surface area contributed by atoms with Crippen molar-refractivity contribution in [3.05, 3.63) is 63.4 Å². The van der Waals surface area contributed by atoms with Gasteiger partial charge in [0, 0.05) is 22.7 Å². The van der Waals surface area contributed by atoms with Gasteiger partial charge in [0.1, 0.15) is 22.9 Å². The van der Waals surface area contributed by atoms with E-state index in [-0.39, 0.29) is 16.3 Å². The molecule has 2 aromatic rings.